The van der Waals surface area contributed by atoms with Crippen LogP contribution in [0.3, 0.4) is 0 Å². The van der Waals surface area contributed by atoms with Crippen LogP contribution in [0, 0.1) is 0 Å². The van der Waals surface area contributed by atoms with Crippen LogP contribution in [0.2, 0.25) is 0 Å². The Hall–Kier alpha value is -2.53. The summed E-state index contributed by atoms with van der Waals surface area (Å²) in [5.41, 5.74) is 9.33. The molecule has 5 nitrogen and oxygen atoms in total. The molecule has 3 aromatic rings. The van der Waals surface area contributed by atoms with E-state index in [-0.39, 0.29) is 6.04 Å². The van der Waals surface area contributed by atoms with E-state index in [1.165, 1.54) is 11.9 Å². The van der Waals surface area contributed by atoms with Crippen molar-refractivity contribution in [3.63, 3.8) is 0 Å². The molecule has 2 aromatic heterocycles. The van der Waals surface area contributed by atoms with Crippen LogP contribution in [-0.2, 0) is 6.42 Å². The molecule has 2 heterocycles. The smallest absolute Gasteiger partial charge is 0.115 e. The van der Waals surface area contributed by atoms with Gasteiger partial charge in [-0.1, -0.05) is 30.3 Å². The Morgan fingerprint density at radius 2 is 1.75 bits per heavy atom. The van der Waals surface area contributed by atoms with E-state index >= 15 is 0 Å². The number of benzene rings is 1. The molecular weight excluding hydrogens is 250 g/mol. The van der Waals surface area contributed by atoms with E-state index in [2.05, 4.69) is 27.1 Å². The van der Waals surface area contributed by atoms with Crippen molar-refractivity contribution in [2.75, 3.05) is 0 Å². The number of nitrogens with two attached hydrogens (primary N) is 1. The lowest BCUT2D eigenvalue weighted by molar-refractivity contribution is 0.677. The van der Waals surface area contributed by atoms with Gasteiger partial charge in [-0.05, 0) is 12.0 Å². The van der Waals surface area contributed by atoms with Gasteiger partial charge in [0.1, 0.15) is 6.33 Å². The van der Waals surface area contributed by atoms with Crippen LogP contribution in [0.25, 0.3) is 5.69 Å². The van der Waals surface area contributed by atoms with Gasteiger partial charge in [-0.15, -0.1) is 0 Å². The fraction of sp³-hybridized carbons (Fsp3) is 0.133. The summed E-state index contributed by atoms with van der Waals surface area (Å²) in [6, 6.07) is 10.1. The molecule has 0 saturated carbocycles. The van der Waals surface area contributed by atoms with Gasteiger partial charge in [0.05, 0.1) is 42.3 Å². The van der Waals surface area contributed by atoms with Crippen molar-refractivity contribution in [2.45, 2.75) is 12.5 Å². The summed E-state index contributed by atoms with van der Waals surface area (Å²) < 4.78 is 1.92. The van der Waals surface area contributed by atoms with E-state index in [0.717, 1.165) is 17.8 Å². The highest BCUT2D eigenvalue weighted by Gasteiger charge is 2.13. The van der Waals surface area contributed by atoms with Gasteiger partial charge in [0.2, 0.25) is 0 Å². The normalized spacial score (nSPS) is 12.2. The molecule has 0 aliphatic rings. The van der Waals surface area contributed by atoms with E-state index in [1.54, 1.807) is 24.9 Å². The standard InChI is InChI=1S/C15H15N5/c16-14(6-12-4-2-1-3-5-12)15-9-19-11-20(15)13-7-17-10-18-8-13/h1-5,7-11,14H,6,16H2/t14-/m1/s1. The molecule has 0 unspecified atom stereocenters. The molecule has 0 spiro atoms. The Balaban J connectivity index is 1.86. The number of hydrogen-bond acceptors (Lipinski definition) is 4. The Bertz CT molecular complexity index is 663. The lowest BCUT2D eigenvalue weighted by Crippen LogP contribution is -2.17. The van der Waals surface area contributed by atoms with Crippen molar-refractivity contribution in [2.24, 2.45) is 5.73 Å². The average molecular weight is 265 g/mol. The molecule has 100 valence electrons. The van der Waals surface area contributed by atoms with E-state index < -0.39 is 0 Å². The topological polar surface area (TPSA) is 69.6 Å². The Morgan fingerprint density at radius 1 is 1.00 bits per heavy atom. The first-order chi connectivity index (χ1) is 9.84. The third kappa shape index (κ3) is 2.57. The minimum atomic E-state index is -0.125. The fourth-order valence-corrected chi connectivity index (χ4v) is 2.18. The molecule has 2 N–H and O–H groups in total. The van der Waals surface area contributed by atoms with Crippen LogP contribution in [0.5, 0.6) is 0 Å². The number of imidazole rings is 1. The first kappa shape index (κ1) is 12.5. The van der Waals surface area contributed by atoms with Crippen LogP contribution >= 0.6 is 0 Å². The molecule has 0 bridgehead atoms. The highest BCUT2D eigenvalue weighted by molar-refractivity contribution is 5.29. The number of aromatic nitrogens is 4. The van der Waals surface area contributed by atoms with Gasteiger partial charge >= 0.3 is 0 Å². The van der Waals surface area contributed by atoms with Gasteiger partial charge in [0.25, 0.3) is 0 Å². The summed E-state index contributed by atoms with van der Waals surface area (Å²) >= 11 is 0. The second kappa shape index (κ2) is 5.63. The molecular formula is C15H15N5. The molecule has 0 aliphatic heterocycles. The van der Waals surface area contributed by atoms with Crippen molar-refractivity contribution >= 4 is 0 Å². The van der Waals surface area contributed by atoms with Gasteiger partial charge in [0, 0.05) is 0 Å². The maximum atomic E-state index is 6.31. The summed E-state index contributed by atoms with van der Waals surface area (Å²) in [4.78, 5) is 12.2. The molecule has 1 aromatic carbocycles. The summed E-state index contributed by atoms with van der Waals surface area (Å²) in [6.07, 6.45) is 9.28. The largest absolute Gasteiger partial charge is 0.322 e. The molecule has 20 heavy (non-hydrogen) atoms. The first-order valence-corrected chi connectivity index (χ1v) is 6.42. The molecule has 0 amide bonds. The average Bonchev–Trinajstić information content (AvgIpc) is 2.99. The molecule has 0 fully saturated rings. The predicted molar refractivity (Wildman–Crippen MR) is 76.2 cm³/mol. The zero-order valence-electron chi connectivity index (χ0n) is 10.9. The minimum Gasteiger partial charge on any atom is -0.322 e. The SMILES string of the molecule is N[C@H](Cc1ccccc1)c1cncn1-c1cncnc1. The highest BCUT2D eigenvalue weighted by Crippen LogP contribution is 2.18. The van der Waals surface area contributed by atoms with Crippen LogP contribution in [0.1, 0.15) is 17.3 Å². The van der Waals surface area contributed by atoms with Crippen molar-refractivity contribution < 1.29 is 0 Å². The van der Waals surface area contributed by atoms with Gasteiger partial charge in [-0.3, -0.25) is 4.57 Å². The van der Waals surface area contributed by atoms with Crippen LogP contribution in [0.4, 0.5) is 0 Å². The van der Waals surface area contributed by atoms with Crippen LogP contribution < -0.4 is 5.73 Å². The third-order valence-corrected chi connectivity index (χ3v) is 3.17. The van der Waals surface area contributed by atoms with Gasteiger partial charge < -0.3 is 5.73 Å². The van der Waals surface area contributed by atoms with Crippen molar-refractivity contribution in [3.8, 4) is 5.69 Å². The van der Waals surface area contributed by atoms with E-state index in [9.17, 15) is 0 Å². The Labute approximate surface area is 117 Å². The molecule has 0 radical (unpaired) electrons. The van der Waals surface area contributed by atoms with Crippen molar-refractivity contribution in [1.82, 2.24) is 19.5 Å². The summed E-state index contributed by atoms with van der Waals surface area (Å²) in [5, 5.41) is 0. The molecule has 5 heteroatoms. The zero-order chi connectivity index (χ0) is 13.8. The van der Waals surface area contributed by atoms with Crippen molar-refractivity contribution in [1.29, 1.82) is 0 Å². The van der Waals surface area contributed by atoms with E-state index in [1.807, 2.05) is 22.8 Å². The first-order valence-electron chi connectivity index (χ1n) is 6.42. The molecule has 0 aliphatic carbocycles. The quantitative estimate of drug-likeness (QED) is 0.782. The van der Waals surface area contributed by atoms with Gasteiger partial charge in [-0.25, -0.2) is 15.0 Å². The predicted octanol–water partition coefficient (Wildman–Crippen LogP) is 1.90. The zero-order valence-corrected chi connectivity index (χ0v) is 10.9. The second-order valence-electron chi connectivity index (χ2n) is 4.58. The lowest BCUT2D eigenvalue weighted by atomic mass is 10.0. The summed E-state index contributed by atoms with van der Waals surface area (Å²) in [7, 11) is 0. The van der Waals surface area contributed by atoms with Crippen LogP contribution in [-0.4, -0.2) is 19.5 Å². The maximum Gasteiger partial charge on any atom is 0.115 e. The number of rotatable bonds is 4. The number of nitrogens with zero attached hydrogens (tertiary/aromatic N) is 4. The maximum absolute atomic E-state index is 6.31. The minimum absolute atomic E-state index is 0.125. The molecule has 0 saturated heterocycles. The van der Waals surface area contributed by atoms with E-state index in [4.69, 9.17) is 5.73 Å². The summed E-state index contributed by atoms with van der Waals surface area (Å²) in [6.45, 7) is 0. The highest BCUT2D eigenvalue weighted by atomic mass is 15.1. The number of hydrogen-bond donors (Lipinski definition) is 1. The molecule has 1 atom stereocenters. The third-order valence-electron chi connectivity index (χ3n) is 3.17. The summed E-state index contributed by atoms with van der Waals surface area (Å²) in [5.74, 6) is 0. The van der Waals surface area contributed by atoms with E-state index in [0.29, 0.717) is 0 Å². The Kier molecular flexibility index (Phi) is 3.52. The van der Waals surface area contributed by atoms with Gasteiger partial charge in [0.15, 0.2) is 0 Å². The van der Waals surface area contributed by atoms with Crippen LogP contribution in [0.15, 0.2) is 61.6 Å². The molecule has 3 rings (SSSR count). The van der Waals surface area contributed by atoms with Gasteiger partial charge in [-0.2, -0.15) is 0 Å². The lowest BCUT2D eigenvalue weighted by Gasteiger charge is -2.14. The Morgan fingerprint density at radius 3 is 2.50 bits per heavy atom. The monoisotopic (exact) mass is 265 g/mol. The van der Waals surface area contributed by atoms with Crippen molar-refractivity contribution in [3.05, 3.63) is 72.8 Å². The second-order valence-corrected chi connectivity index (χ2v) is 4.58. The fourth-order valence-electron chi connectivity index (χ4n) is 2.18.